The van der Waals surface area contributed by atoms with Crippen molar-refractivity contribution in [1.82, 2.24) is 4.90 Å². The van der Waals surface area contributed by atoms with Crippen LogP contribution in [0.2, 0.25) is 10.0 Å². The topological polar surface area (TPSA) is 20.3 Å². The van der Waals surface area contributed by atoms with E-state index in [2.05, 4.69) is 0 Å². The predicted octanol–water partition coefficient (Wildman–Crippen LogP) is 3.61. The fourth-order valence-electron chi connectivity index (χ4n) is 1.42. The van der Waals surface area contributed by atoms with Gasteiger partial charge in [-0.3, -0.25) is 4.79 Å². The maximum atomic E-state index is 11.7. The average molecular weight is 260 g/mol. The summed E-state index contributed by atoms with van der Waals surface area (Å²) < 4.78 is 0. The van der Waals surface area contributed by atoms with Crippen LogP contribution in [0.3, 0.4) is 0 Å². The standard InChI is InChI=1S/C12H15Cl2NO/c1-8(2)12(16)15(3)7-9-4-5-10(13)6-11(9)14/h4-6,8H,7H2,1-3H3. The van der Waals surface area contributed by atoms with E-state index in [4.69, 9.17) is 23.2 Å². The normalized spacial score (nSPS) is 10.6. The molecule has 0 N–H and O–H groups in total. The molecule has 0 aliphatic carbocycles. The van der Waals surface area contributed by atoms with E-state index in [1.807, 2.05) is 19.9 Å². The Morgan fingerprint density at radius 1 is 1.38 bits per heavy atom. The highest BCUT2D eigenvalue weighted by Crippen LogP contribution is 2.22. The lowest BCUT2D eigenvalue weighted by Crippen LogP contribution is -2.30. The van der Waals surface area contributed by atoms with Crippen LogP contribution >= 0.6 is 23.2 Å². The highest BCUT2D eigenvalue weighted by atomic mass is 35.5. The zero-order valence-corrected chi connectivity index (χ0v) is 11.1. The second kappa shape index (κ2) is 5.55. The zero-order valence-electron chi connectivity index (χ0n) is 9.63. The van der Waals surface area contributed by atoms with Crippen molar-refractivity contribution in [1.29, 1.82) is 0 Å². The first-order chi connectivity index (χ1) is 7.41. The second-order valence-electron chi connectivity index (χ2n) is 4.08. The number of carbonyl (C=O) groups is 1. The molecule has 1 aromatic carbocycles. The molecule has 1 amide bonds. The Hall–Kier alpha value is -0.730. The van der Waals surface area contributed by atoms with Crippen LogP contribution in [-0.4, -0.2) is 17.9 Å². The highest BCUT2D eigenvalue weighted by molar-refractivity contribution is 6.35. The van der Waals surface area contributed by atoms with Crippen LogP contribution < -0.4 is 0 Å². The van der Waals surface area contributed by atoms with E-state index >= 15 is 0 Å². The van der Waals surface area contributed by atoms with E-state index in [1.165, 1.54) is 0 Å². The van der Waals surface area contributed by atoms with Crippen molar-refractivity contribution >= 4 is 29.1 Å². The number of benzene rings is 1. The van der Waals surface area contributed by atoms with Gasteiger partial charge in [0.2, 0.25) is 5.91 Å². The van der Waals surface area contributed by atoms with Crippen LogP contribution in [0.1, 0.15) is 19.4 Å². The molecule has 0 unspecified atom stereocenters. The van der Waals surface area contributed by atoms with Crippen molar-refractivity contribution in [2.75, 3.05) is 7.05 Å². The van der Waals surface area contributed by atoms with Gasteiger partial charge < -0.3 is 4.90 Å². The Balaban J connectivity index is 2.77. The first kappa shape index (κ1) is 13.3. The first-order valence-electron chi connectivity index (χ1n) is 5.10. The molecule has 0 aliphatic heterocycles. The lowest BCUT2D eigenvalue weighted by atomic mass is 10.1. The van der Waals surface area contributed by atoms with Gasteiger partial charge in [-0.2, -0.15) is 0 Å². The number of hydrogen-bond donors (Lipinski definition) is 0. The summed E-state index contributed by atoms with van der Waals surface area (Å²) in [5, 5.41) is 1.20. The Bertz CT molecular complexity index is 391. The number of rotatable bonds is 3. The van der Waals surface area contributed by atoms with Crippen molar-refractivity contribution in [3.05, 3.63) is 33.8 Å². The van der Waals surface area contributed by atoms with E-state index in [0.717, 1.165) is 5.56 Å². The largest absolute Gasteiger partial charge is 0.341 e. The van der Waals surface area contributed by atoms with Crippen molar-refractivity contribution in [2.24, 2.45) is 5.92 Å². The summed E-state index contributed by atoms with van der Waals surface area (Å²) >= 11 is 11.8. The smallest absolute Gasteiger partial charge is 0.225 e. The maximum absolute atomic E-state index is 11.7. The van der Waals surface area contributed by atoms with Gasteiger partial charge in [0.1, 0.15) is 0 Å². The summed E-state index contributed by atoms with van der Waals surface area (Å²) in [6.07, 6.45) is 0. The van der Waals surface area contributed by atoms with Gasteiger partial charge in [0.25, 0.3) is 0 Å². The van der Waals surface area contributed by atoms with Gasteiger partial charge in [0, 0.05) is 29.6 Å². The van der Waals surface area contributed by atoms with E-state index in [9.17, 15) is 4.79 Å². The van der Waals surface area contributed by atoms with Crippen LogP contribution in [0.25, 0.3) is 0 Å². The summed E-state index contributed by atoms with van der Waals surface area (Å²) in [5.41, 5.74) is 0.905. The molecular weight excluding hydrogens is 245 g/mol. The molecule has 0 spiro atoms. The number of nitrogens with zero attached hydrogens (tertiary/aromatic N) is 1. The SMILES string of the molecule is CC(C)C(=O)N(C)Cc1ccc(Cl)cc1Cl. The fraction of sp³-hybridized carbons (Fsp3) is 0.417. The summed E-state index contributed by atoms with van der Waals surface area (Å²) in [5.74, 6) is 0.0992. The first-order valence-corrected chi connectivity index (χ1v) is 5.86. The molecule has 1 rings (SSSR count). The molecule has 0 bridgehead atoms. The van der Waals surface area contributed by atoms with Gasteiger partial charge in [-0.1, -0.05) is 43.1 Å². The summed E-state index contributed by atoms with van der Waals surface area (Å²) in [7, 11) is 1.77. The van der Waals surface area contributed by atoms with Gasteiger partial charge in [-0.25, -0.2) is 0 Å². The fourth-order valence-corrected chi connectivity index (χ4v) is 1.89. The average Bonchev–Trinajstić information content (AvgIpc) is 2.20. The third kappa shape index (κ3) is 3.39. The lowest BCUT2D eigenvalue weighted by molar-refractivity contribution is -0.133. The second-order valence-corrected chi connectivity index (χ2v) is 4.93. The molecule has 0 fully saturated rings. The van der Waals surface area contributed by atoms with E-state index in [1.54, 1.807) is 24.1 Å². The van der Waals surface area contributed by atoms with Gasteiger partial charge in [0.05, 0.1) is 0 Å². The Morgan fingerprint density at radius 2 is 2.00 bits per heavy atom. The molecular formula is C12H15Cl2NO. The zero-order chi connectivity index (χ0) is 12.3. The van der Waals surface area contributed by atoms with Crippen LogP contribution in [0.5, 0.6) is 0 Å². The molecule has 0 saturated heterocycles. The van der Waals surface area contributed by atoms with Gasteiger partial charge in [0.15, 0.2) is 0 Å². The highest BCUT2D eigenvalue weighted by Gasteiger charge is 2.14. The van der Waals surface area contributed by atoms with Gasteiger partial charge in [-0.15, -0.1) is 0 Å². The Labute approximate surface area is 106 Å². The maximum Gasteiger partial charge on any atom is 0.225 e. The monoisotopic (exact) mass is 259 g/mol. The number of carbonyl (C=O) groups excluding carboxylic acids is 1. The molecule has 16 heavy (non-hydrogen) atoms. The third-order valence-electron chi connectivity index (χ3n) is 2.29. The third-order valence-corrected chi connectivity index (χ3v) is 2.88. The molecule has 0 heterocycles. The van der Waals surface area contributed by atoms with Crippen molar-refractivity contribution < 1.29 is 4.79 Å². The number of amides is 1. The van der Waals surface area contributed by atoms with E-state index in [-0.39, 0.29) is 11.8 Å². The van der Waals surface area contributed by atoms with Gasteiger partial charge in [-0.05, 0) is 17.7 Å². The minimum Gasteiger partial charge on any atom is -0.341 e. The lowest BCUT2D eigenvalue weighted by Gasteiger charge is -2.20. The molecule has 2 nitrogen and oxygen atoms in total. The van der Waals surface area contributed by atoms with Gasteiger partial charge >= 0.3 is 0 Å². The van der Waals surface area contributed by atoms with Crippen molar-refractivity contribution in [2.45, 2.75) is 20.4 Å². The molecule has 0 aromatic heterocycles. The molecule has 1 aromatic rings. The molecule has 0 aliphatic rings. The number of hydrogen-bond acceptors (Lipinski definition) is 1. The van der Waals surface area contributed by atoms with E-state index < -0.39 is 0 Å². The summed E-state index contributed by atoms with van der Waals surface area (Å²) in [6, 6.07) is 5.30. The predicted molar refractivity (Wildman–Crippen MR) is 67.8 cm³/mol. The van der Waals surface area contributed by atoms with Crippen LogP contribution in [0.15, 0.2) is 18.2 Å². The molecule has 88 valence electrons. The van der Waals surface area contributed by atoms with E-state index in [0.29, 0.717) is 16.6 Å². The van der Waals surface area contributed by atoms with Crippen LogP contribution in [0, 0.1) is 5.92 Å². The summed E-state index contributed by atoms with van der Waals surface area (Å²) in [6.45, 7) is 4.26. The Kier molecular flexibility index (Phi) is 4.63. The minimum absolute atomic E-state index is 0.00363. The quantitative estimate of drug-likeness (QED) is 0.813. The summed E-state index contributed by atoms with van der Waals surface area (Å²) in [4.78, 5) is 13.3. The van der Waals surface area contributed by atoms with Crippen LogP contribution in [0.4, 0.5) is 0 Å². The molecule has 0 atom stereocenters. The molecule has 4 heteroatoms. The number of halogens is 2. The molecule has 0 saturated carbocycles. The molecule has 0 radical (unpaired) electrons. The van der Waals surface area contributed by atoms with Crippen molar-refractivity contribution in [3.8, 4) is 0 Å². The minimum atomic E-state index is -0.00363. The Morgan fingerprint density at radius 3 is 2.50 bits per heavy atom. The van der Waals surface area contributed by atoms with Crippen LogP contribution in [-0.2, 0) is 11.3 Å². The van der Waals surface area contributed by atoms with Crippen molar-refractivity contribution in [3.63, 3.8) is 0 Å².